The summed E-state index contributed by atoms with van der Waals surface area (Å²) in [6.45, 7) is 4.52. The van der Waals surface area contributed by atoms with Crippen LogP contribution in [-0.4, -0.2) is 6.10 Å². The first-order valence-corrected chi connectivity index (χ1v) is 6.87. The number of nitrogens with one attached hydrogen (secondary N) is 1. The van der Waals surface area contributed by atoms with Crippen molar-refractivity contribution < 1.29 is 9.13 Å². The Hall–Kier alpha value is -1.74. The van der Waals surface area contributed by atoms with Crippen molar-refractivity contribution in [2.24, 2.45) is 0 Å². The monoisotopic (exact) mass is 293 g/mol. The number of anilines is 1. The average Bonchev–Trinajstić information content (AvgIpc) is 2.39. The molecule has 1 N–H and O–H groups in total. The lowest BCUT2D eigenvalue weighted by molar-refractivity contribution is 0.242. The zero-order valence-electron chi connectivity index (χ0n) is 11.5. The standard InChI is InChI=1S/C16H17ClFNO/c1-11(2)20-14-5-3-4-12(8-14)10-19-16-9-13(18)6-7-15(16)17/h3-9,11,19H,10H2,1-2H3. The van der Waals surface area contributed by atoms with E-state index in [1.807, 2.05) is 38.1 Å². The van der Waals surface area contributed by atoms with Gasteiger partial charge in [-0.3, -0.25) is 0 Å². The quantitative estimate of drug-likeness (QED) is 0.848. The lowest BCUT2D eigenvalue weighted by Gasteiger charge is -2.12. The van der Waals surface area contributed by atoms with Crippen LogP contribution in [0.15, 0.2) is 42.5 Å². The van der Waals surface area contributed by atoms with Crippen LogP contribution < -0.4 is 10.1 Å². The molecule has 0 radical (unpaired) electrons. The maximum Gasteiger partial charge on any atom is 0.125 e. The molecule has 0 fully saturated rings. The highest BCUT2D eigenvalue weighted by atomic mass is 35.5. The third-order valence-electron chi connectivity index (χ3n) is 2.68. The second-order valence-corrected chi connectivity index (χ2v) is 5.20. The Kier molecular flexibility index (Phi) is 4.85. The summed E-state index contributed by atoms with van der Waals surface area (Å²) in [5.41, 5.74) is 1.63. The van der Waals surface area contributed by atoms with E-state index >= 15 is 0 Å². The Balaban J connectivity index is 2.05. The highest BCUT2D eigenvalue weighted by Gasteiger charge is 2.03. The fourth-order valence-electron chi connectivity index (χ4n) is 1.83. The number of hydrogen-bond acceptors (Lipinski definition) is 2. The molecule has 0 amide bonds. The van der Waals surface area contributed by atoms with Crippen LogP contribution in [-0.2, 0) is 6.54 Å². The van der Waals surface area contributed by atoms with Gasteiger partial charge < -0.3 is 10.1 Å². The summed E-state index contributed by atoms with van der Waals surface area (Å²) in [5, 5.41) is 3.62. The van der Waals surface area contributed by atoms with Crippen LogP contribution in [0.25, 0.3) is 0 Å². The van der Waals surface area contributed by atoms with Crippen molar-refractivity contribution in [2.75, 3.05) is 5.32 Å². The molecule has 0 saturated heterocycles. The molecule has 0 aliphatic rings. The smallest absolute Gasteiger partial charge is 0.125 e. The van der Waals surface area contributed by atoms with Gasteiger partial charge in [-0.25, -0.2) is 4.39 Å². The lowest BCUT2D eigenvalue weighted by Crippen LogP contribution is -2.06. The third-order valence-corrected chi connectivity index (χ3v) is 3.01. The summed E-state index contributed by atoms with van der Waals surface area (Å²) >= 11 is 6.01. The van der Waals surface area contributed by atoms with Crippen molar-refractivity contribution in [2.45, 2.75) is 26.5 Å². The predicted molar refractivity (Wildman–Crippen MR) is 80.9 cm³/mol. The SMILES string of the molecule is CC(C)Oc1cccc(CNc2cc(F)ccc2Cl)c1. The van der Waals surface area contributed by atoms with E-state index in [0.717, 1.165) is 11.3 Å². The van der Waals surface area contributed by atoms with Gasteiger partial charge in [0.1, 0.15) is 11.6 Å². The summed E-state index contributed by atoms with van der Waals surface area (Å²) in [7, 11) is 0. The lowest BCUT2D eigenvalue weighted by atomic mass is 10.2. The molecule has 106 valence electrons. The van der Waals surface area contributed by atoms with Crippen LogP contribution in [0.4, 0.5) is 10.1 Å². The summed E-state index contributed by atoms with van der Waals surface area (Å²) in [6.07, 6.45) is 0.135. The fraction of sp³-hybridized carbons (Fsp3) is 0.250. The van der Waals surface area contributed by atoms with Gasteiger partial charge in [0, 0.05) is 6.54 Å². The van der Waals surface area contributed by atoms with Gasteiger partial charge in [-0.15, -0.1) is 0 Å². The van der Waals surface area contributed by atoms with Gasteiger partial charge >= 0.3 is 0 Å². The molecule has 2 aromatic carbocycles. The molecule has 0 heterocycles. The number of rotatable bonds is 5. The Morgan fingerprint density at radius 2 is 2.00 bits per heavy atom. The summed E-state index contributed by atoms with van der Waals surface area (Å²) in [6, 6.07) is 12.0. The van der Waals surface area contributed by atoms with Gasteiger partial charge in [-0.05, 0) is 49.7 Å². The zero-order chi connectivity index (χ0) is 14.5. The van der Waals surface area contributed by atoms with E-state index in [9.17, 15) is 4.39 Å². The number of benzene rings is 2. The van der Waals surface area contributed by atoms with Crippen molar-refractivity contribution in [3.05, 3.63) is 58.9 Å². The first-order chi connectivity index (χ1) is 9.54. The van der Waals surface area contributed by atoms with E-state index in [1.54, 1.807) is 0 Å². The van der Waals surface area contributed by atoms with Crippen LogP contribution in [0, 0.1) is 5.82 Å². The number of ether oxygens (including phenoxy) is 1. The molecule has 2 aromatic rings. The maximum atomic E-state index is 13.2. The zero-order valence-corrected chi connectivity index (χ0v) is 12.2. The summed E-state index contributed by atoms with van der Waals surface area (Å²) < 4.78 is 18.8. The van der Waals surface area contributed by atoms with Gasteiger partial charge in [0.05, 0.1) is 16.8 Å². The molecule has 20 heavy (non-hydrogen) atoms. The molecular formula is C16H17ClFNO. The summed E-state index contributed by atoms with van der Waals surface area (Å²) in [4.78, 5) is 0. The van der Waals surface area contributed by atoms with Crippen molar-refractivity contribution in [3.63, 3.8) is 0 Å². The molecule has 0 spiro atoms. The summed E-state index contributed by atoms with van der Waals surface area (Å²) in [5.74, 6) is 0.512. The molecule has 0 aromatic heterocycles. The maximum absolute atomic E-state index is 13.2. The Morgan fingerprint density at radius 1 is 1.20 bits per heavy atom. The first kappa shape index (κ1) is 14.7. The molecule has 2 rings (SSSR count). The number of halogens is 2. The van der Waals surface area contributed by atoms with Crippen molar-refractivity contribution in [1.82, 2.24) is 0 Å². The average molecular weight is 294 g/mol. The van der Waals surface area contributed by atoms with Gasteiger partial charge in [-0.2, -0.15) is 0 Å². The highest BCUT2D eigenvalue weighted by Crippen LogP contribution is 2.23. The molecule has 0 aliphatic carbocycles. The number of hydrogen-bond donors (Lipinski definition) is 1. The van der Waals surface area contributed by atoms with E-state index < -0.39 is 0 Å². The molecule has 0 atom stereocenters. The first-order valence-electron chi connectivity index (χ1n) is 6.49. The largest absolute Gasteiger partial charge is 0.491 e. The van der Waals surface area contributed by atoms with Crippen LogP contribution in [0.1, 0.15) is 19.4 Å². The normalized spacial score (nSPS) is 10.7. The second kappa shape index (κ2) is 6.62. The Morgan fingerprint density at radius 3 is 2.75 bits per heavy atom. The highest BCUT2D eigenvalue weighted by molar-refractivity contribution is 6.33. The topological polar surface area (TPSA) is 21.3 Å². The molecule has 0 aliphatic heterocycles. The molecule has 4 heteroatoms. The second-order valence-electron chi connectivity index (χ2n) is 4.79. The van der Waals surface area contributed by atoms with Crippen molar-refractivity contribution in [3.8, 4) is 5.75 Å². The van der Waals surface area contributed by atoms with E-state index in [2.05, 4.69) is 5.32 Å². The molecular weight excluding hydrogens is 277 g/mol. The van der Waals surface area contributed by atoms with Gasteiger partial charge in [-0.1, -0.05) is 23.7 Å². The fourth-order valence-corrected chi connectivity index (χ4v) is 2.02. The third kappa shape index (κ3) is 4.14. The van der Waals surface area contributed by atoms with E-state index in [0.29, 0.717) is 17.3 Å². The molecule has 0 bridgehead atoms. The Labute approximate surface area is 123 Å². The van der Waals surface area contributed by atoms with E-state index in [1.165, 1.54) is 18.2 Å². The molecule has 0 unspecified atom stereocenters. The minimum atomic E-state index is -0.311. The molecule has 2 nitrogen and oxygen atoms in total. The van der Waals surface area contributed by atoms with Gasteiger partial charge in [0.25, 0.3) is 0 Å². The minimum absolute atomic E-state index is 0.135. The van der Waals surface area contributed by atoms with Gasteiger partial charge in [0.15, 0.2) is 0 Å². The van der Waals surface area contributed by atoms with E-state index in [-0.39, 0.29) is 11.9 Å². The van der Waals surface area contributed by atoms with Crippen LogP contribution in [0.5, 0.6) is 5.75 Å². The van der Waals surface area contributed by atoms with Crippen molar-refractivity contribution >= 4 is 17.3 Å². The predicted octanol–water partition coefficient (Wildman–Crippen LogP) is 4.88. The Bertz CT molecular complexity index is 586. The van der Waals surface area contributed by atoms with Crippen LogP contribution in [0.3, 0.4) is 0 Å². The van der Waals surface area contributed by atoms with Crippen molar-refractivity contribution in [1.29, 1.82) is 0 Å². The minimum Gasteiger partial charge on any atom is -0.491 e. The van der Waals surface area contributed by atoms with Gasteiger partial charge in [0.2, 0.25) is 0 Å². The van der Waals surface area contributed by atoms with E-state index in [4.69, 9.17) is 16.3 Å². The van der Waals surface area contributed by atoms with Crippen LogP contribution in [0.2, 0.25) is 5.02 Å². The van der Waals surface area contributed by atoms with Crippen LogP contribution >= 0.6 is 11.6 Å². The molecule has 0 saturated carbocycles.